The standard InChI is InChI=1S/C14H14BrN3O2/c1-17(12-6-4-5-11(15)16-12)13(19)8-10-18-9-3-2-7-14(18)20/h2-7,9H,8,10H2,1H3. The summed E-state index contributed by atoms with van der Waals surface area (Å²) in [6.45, 7) is 0.358. The predicted octanol–water partition coefficient (Wildman–Crippen LogP) is 2.06. The van der Waals surface area contributed by atoms with Gasteiger partial charge in [-0.05, 0) is 34.1 Å². The number of carbonyl (C=O) groups excluding carboxylic acids is 1. The first-order valence-corrected chi connectivity index (χ1v) is 6.92. The minimum atomic E-state index is -0.108. The Hall–Kier alpha value is -1.95. The van der Waals surface area contributed by atoms with Crippen molar-refractivity contribution in [3.8, 4) is 0 Å². The van der Waals surface area contributed by atoms with Gasteiger partial charge in [-0.1, -0.05) is 12.1 Å². The molecule has 0 radical (unpaired) electrons. The number of amides is 1. The molecule has 0 spiro atoms. The molecule has 0 fully saturated rings. The van der Waals surface area contributed by atoms with Crippen LogP contribution < -0.4 is 10.5 Å². The molecule has 0 saturated carbocycles. The zero-order chi connectivity index (χ0) is 14.5. The van der Waals surface area contributed by atoms with E-state index < -0.39 is 0 Å². The van der Waals surface area contributed by atoms with Crippen molar-refractivity contribution < 1.29 is 4.79 Å². The maximum atomic E-state index is 12.1. The van der Waals surface area contributed by atoms with Gasteiger partial charge in [-0.2, -0.15) is 0 Å². The molecule has 1 amide bonds. The second kappa shape index (κ2) is 6.47. The molecule has 20 heavy (non-hydrogen) atoms. The third kappa shape index (κ3) is 3.54. The molecule has 0 atom stereocenters. The molecule has 0 saturated heterocycles. The molecule has 2 rings (SSSR count). The van der Waals surface area contributed by atoms with Crippen molar-refractivity contribution in [1.82, 2.24) is 9.55 Å². The lowest BCUT2D eigenvalue weighted by molar-refractivity contribution is -0.118. The summed E-state index contributed by atoms with van der Waals surface area (Å²) in [5.41, 5.74) is -0.108. The van der Waals surface area contributed by atoms with E-state index >= 15 is 0 Å². The van der Waals surface area contributed by atoms with Gasteiger partial charge in [0.1, 0.15) is 10.4 Å². The van der Waals surface area contributed by atoms with Crippen LogP contribution in [0.2, 0.25) is 0 Å². The van der Waals surface area contributed by atoms with Gasteiger partial charge in [0.2, 0.25) is 5.91 Å². The fourth-order valence-electron chi connectivity index (χ4n) is 1.74. The smallest absolute Gasteiger partial charge is 0.250 e. The molecule has 0 aliphatic heterocycles. The van der Waals surface area contributed by atoms with Crippen LogP contribution >= 0.6 is 15.9 Å². The second-order valence-corrected chi connectivity index (χ2v) is 5.07. The Labute approximate surface area is 125 Å². The van der Waals surface area contributed by atoms with E-state index in [9.17, 15) is 9.59 Å². The van der Waals surface area contributed by atoms with Gasteiger partial charge in [0.15, 0.2) is 0 Å². The molecule has 0 N–H and O–H groups in total. The minimum absolute atomic E-state index is 0.0913. The van der Waals surface area contributed by atoms with E-state index in [0.717, 1.165) is 0 Å². The molecule has 2 aromatic heterocycles. The Morgan fingerprint density at radius 2 is 2.10 bits per heavy atom. The average molecular weight is 336 g/mol. The third-order valence-corrected chi connectivity index (χ3v) is 3.33. The Bertz CT molecular complexity index is 669. The van der Waals surface area contributed by atoms with Gasteiger partial charge in [0.05, 0.1) is 0 Å². The topological polar surface area (TPSA) is 55.2 Å². The van der Waals surface area contributed by atoms with E-state index in [0.29, 0.717) is 17.0 Å². The summed E-state index contributed by atoms with van der Waals surface area (Å²) in [6, 6.07) is 10.3. The Kier molecular flexibility index (Phi) is 4.68. The molecule has 0 aliphatic carbocycles. The maximum Gasteiger partial charge on any atom is 0.250 e. The van der Waals surface area contributed by atoms with Gasteiger partial charge < -0.3 is 4.57 Å². The number of aryl methyl sites for hydroxylation is 1. The maximum absolute atomic E-state index is 12.1. The monoisotopic (exact) mass is 335 g/mol. The van der Waals surface area contributed by atoms with Gasteiger partial charge in [-0.15, -0.1) is 0 Å². The number of halogens is 1. The molecular formula is C14H14BrN3O2. The molecule has 0 unspecified atom stereocenters. The van der Waals surface area contributed by atoms with E-state index in [1.54, 1.807) is 37.5 Å². The predicted molar refractivity (Wildman–Crippen MR) is 80.7 cm³/mol. The zero-order valence-electron chi connectivity index (χ0n) is 11.0. The number of carbonyl (C=O) groups is 1. The summed E-state index contributed by atoms with van der Waals surface area (Å²) in [7, 11) is 1.67. The molecule has 104 valence electrons. The number of anilines is 1. The van der Waals surface area contributed by atoms with E-state index in [2.05, 4.69) is 20.9 Å². The lowest BCUT2D eigenvalue weighted by Gasteiger charge is -2.16. The molecule has 2 aromatic rings. The highest BCUT2D eigenvalue weighted by atomic mass is 79.9. The summed E-state index contributed by atoms with van der Waals surface area (Å²) >= 11 is 3.27. The van der Waals surface area contributed by atoms with Gasteiger partial charge >= 0.3 is 0 Å². The van der Waals surface area contributed by atoms with Crippen molar-refractivity contribution in [1.29, 1.82) is 0 Å². The molecule has 2 heterocycles. The van der Waals surface area contributed by atoms with E-state index in [4.69, 9.17) is 0 Å². The van der Waals surface area contributed by atoms with Gasteiger partial charge in [0.25, 0.3) is 5.56 Å². The largest absolute Gasteiger partial charge is 0.315 e. The summed E-state index contributed by atoms with van der Waals surface area (Å²) in [5, 5.41) is 0. The highest BCUT2D eigenvalue weighted by Crippen LogP contribution is 2.14. The van der Waals surface area contributed by atoms with Crippen molar-refractivity contribution in [2.45, 2.75) is 13.0 Å². The minimum Gasteiger partial charge on any atom is -0.315 e. The molecule has 6 heteroatoms. The van der Waals surface area contributed by atoms with Gasteiger partial charge in [-0.25, -0.2) is 4.98 Å². The third-order valence-electron chi connectivity index (χ3n) is 2.88. The van der Waals surface area contributed by atoms with Crippen molar-refractivity contribution in [2.24, 2.45) is 0 Å². The van der Waals surface area contributed by atoms with Crippen LogP contribution in [0.4, 0.5) is 5.82 Å². The van der Waals surface area contributed by atoms with Crippen LogP contribution in [-0.2, 0) is 11.3 Å². The fourth-order valence-corrected chi connectivity index (χ4v) is 2.08. The van der Waals surface area contributed by atoms with Gasteiger partial charge in [-0.3, -0.25) is 14.5 Å². The Balaban J connectivity index is 2.02. The zero-order valence-corrected chi connectivity index (χ0v) is 12.6. The summed E-state index contributed by atoms with van der Waals surface area (Å²) in [5.74, 6) is 0.483. The quantitative estimate of drug-likeness (QED) is 0.803. The molecular weight excluding hydrogens is 322 g/mol. The number of nitrogens with zero attached hydrogens (tertiary/aromatic N) is 3. The summed E-state index contributed by atoms with van der Waals surface area (Å²) < 4.78 is 2.19. The van der Waals surface area contributed by atoms with Crippen molar-refractivity contribution in [3.63, 3.8) is 0 Å². The van der Waals surface area contributed by atoms with E-state index in [1.807, 2.05) is 6.07 Å². The molecule has 0 aliphatic rings. The highest BCUT2D eigenvalue weighted by molar-refractivity contribution is 9.10. The normalized spacial score (nSPS) is 10.3. The van der Waals surface area contributed by atoms with E-state index in [1.165, 1.54) is 15.5 Å². The van der Waals surface area contributed by atoms with Crippen LogP contribution in [0.1, 0.15) is 6.42 Å². The van der Waals surface area contributed by atoms with Crippen molar-refractivity contribution in [2.75, 3.05) is 11.9 Å². The lowest BCUT2D eigenvalue weighted by atomic mass is 10.3. The number of hydrogen-bond acceptors (Lipinski definition) is 3. The van der Waals surface area contributed by atoms with E-state index in [-0.39, 0.29) is 17.9 Å². The molecule has 0 aromatic carbocycles. The second-order valence-electron chi connectivity index (χ2n) is 4.25. The molecule has 0 bridgehead atoms. The van der Waals surface area contributed by atoms with Crippen LogP contribution in [0.25, 0.3) is 0 Å². The van der Waals surface area contributed by atoms with Crippen molar-refractivity contribution >= 4 is 27.7 Å². The SMILES string of the molecule is CN(C(=O)CCn1ccccc1=O)c1cccc(Br)n1. The van der Waals surface area contributed by atoms with Crippen LogP contribution in [0.15, 0.2) is 52.0 Å². The van der Waals surface area contributed by atoms with Crippen molar-refractivity contribution in [3.05, 3.63) is 57.6 Å². The Morgan fingerprint density at radius 1 is 1.30 bits per heavy atom. The number of pyridine rings is 2. The fraction of sp³-hybridized carbons (Fsp3) is 0.214. The first-order chi connectivity index (χ1) is 9.58. The van der Waals surface area contributed by atoms with Crippen LogP contribution in [0, 0.1) is 0 Å². The lowest BCUT2D eigenvalue weighted by Crippen LogP contribution is -2.29. The highest BCUT2D eigenvalue weighted by Gasteiger charge is 2.12. The first kappa shape index (κ1) is 14.5. The van der Waals surface area contributed by atoms with Gasteiger partial charge in [0, 0.05) is 32.3 Å². The Morgan fingerprint density at radius 3 is 2.80 bits per heavy atom. The van der Waals surface area contributed by atoms with Crippen LogP contribution in [0.5, 0.6) is 0 Å². The number of rotatable bonds is 4. The van der Waals surface area contributed by atoms with Crippen LogP contribution in [0.3, 0.4) is 0 Å². The summed E-state index contributed by atoms with van der Waals surface area (Å²) in [4.78, 5) is 29.3. The molecule has 5 nitrogen and oxygen atoms in total. The first-order valence-electron chi connectivity index (χ1n) is 6.12. The average Bonchev–Trinajstić information content (AvgIpc) is 2.45. The van der Waals surface area contributed by atoms with Crippen LogP contribution in [-0.4, -0.2) is 22.5 Å². The summed E-state index contributed by atoms with van der Waals surface area (Å²) in [6.07, 6.45) is 1.92. The number of hydrogen-bond donors (Lipinski definition) is 0. The number of aromatic nitrogens is 2.